The molecule has 0 unspecified atom stereocenters. The van der Waals surface area contributed by atoms with E-state index in [0.29, 0.717) is 0 Å². The predicted octanol–water partition coefficient (Wildman–Crippen LogP) is 12.2. The van der Waals surface area contributed by atoms with Gasteiger partial charge in [-0.1, -0.05) is 188 Å². The van der Waals surface area contributed by atoms with Gasteiger partial charge in [0.25, 0.3) is 0 Å². The maximum Gasteiger partial charge on any atom is 0.132 e. The first-order valence-corrected chi connectivity index (χ1v) is 17.7. The molecule has 2 aliphatic rings. The van der Waals surface area contributed by atoms with Crippen molar-refractivity contribution in [3.63, 3.8) is 0 Å². The Balaban J connectivity index is 1.19. The lowest BCUT2D eigenvalue weighted by Crippen LogP contribution is -2.34. The van der Waals surface area contributed by atoms with Crippen molar-refractivity contribution in [3.05, 3.63) is 251 Å². The molecule has 1 aliphatic carbocycles. The smallest absolute Gasteiger partial charge is 0.132 e. The topological polar surface area (TPSA) is 9.23 Å². The third-order valence-corrected chi connectivity index (χ3v) is 11.1. The molecule has 0 radical (unpaired) electrons. The Morgan fingerprint density at radius 3 is 1.29 bits per heavy atom. The molecule has 1 heterocycles. The van der Waals surface area contributed by atoms with Crippen molar-refractivity contribution in [1.29, 1.82) is 0 Å². The summed E-state index contributed by atoms with van der Waals surface area (Å²) in [6.45, 7) is 0. The minimum atomic E-state index is -0.540. The van der Waals surface area contributed by atoms with Crippen LogP contribution in [0.3, 0.4) is 0 Å². The zero-order valence-corrected chi connectivity index (χ0v) is 28.0. The van der Waals surface area contributed by atoms with Crippen LogP contribution in [0.25, 0.3) is 22.3 Å². The average Bonchev–Trinajstić information content (AvgIpc) is 3.52. The number of benzene rings is 8. The molecular weight excluding hydrogens is 617 g/mol. The molecule has 0 saturated carbocycles. The van der Waals surface area contributed by atoms with E-state index in [1.807, 2.05) is 0 Å². The van der Waals surface area contributed by atoms with Gasteiger partial charge in [0.1, 0.15) is 11.5 Å². The highest BCUT2D eigenvalue weighted by molar-refractivity contribution is 5.87. The molecule has 0 aromatic heterocycles. The van der Waals surface area contributed by atoms with Crippen LogP contribution in [-0.4, -0.2) is 0 Å². The maximum atomic E-state index is 6.85. The lowest BCUT2D eigenvalue weighted by atomic mass is 9.63. The first kappa shape index (κ1) is 29.5. The molecule has 0 amide bonds. The summed E-state index contributed by atoms with van der Waals surface area (Å²) in [4.78, 5) is 0. The number of ether oxygens (including phenoxy) is 1. The Labute approximate surface area is 299 Å². The summed E-state index contributed by atoms with van der Waals surface area (Å²) in [5, 5.41) is 0. The SMILES string of the molecule is c1ccc(C2(c3ccccc3)c3ccccc3Oc3cc(-c4cccc(C5(c6ccccc6)c6ccccc6-c6ccccc65)c4)ccc32)cc1. The number of hydrogen-bond acceptors (Lipinski definition) is 1. The van der Waals surface area contributed by atoms with E-state index in [1.54, 1.807) is 0 Å². The van der Waals surface area contributed by atoms with Gasteiger partial charge in [0.05, 0.1) is 10.8 Å². The van der Waals surface area contributed by atoms with Crippen LogP contribution < -0.4 is 4.74 Å². The molecule has 1 nitrogen and oxygen atoms in total. The third kappa shape index (κ3) is 4.22. The van der Waals surface area contributed by atoms with E-state index >= 15 is 0 Å². The normalized spacial score (nSPS) is 14.4. The second kappa shape index (κ2) is 11.6. The highest BCUT2D eigenvalue weighted by Gasteiger charge is 2.47. The summed E-state index contributed by atoms with van der Waals surface area (Å²) in [6, 6.07) is 75.0. The summed E-state index contributed by atoms with van der Waals surface area (Å²) >= 11 is 0. The van der Waals surface area contributed by atoms with E-state index in [9.17, 15) is 0 Å². The van der Waals surface area contributed by atoms with Gasteiger partial charge in [0, 0.05) is 11.1 Å². The summed E-state index contributed by atoms with van der Waals surface area (Å²) in [5.74, 6) is 1.75. The Bertz CT molecular complexity index is 2460. The summed E-state index contributed by atoms with van der Waals surface area (Å²) in [5.41, 5.74) is 13.7. The van der Waals surface area contributed by atoms with Crippen LogP contribution in [-0.2, 0) is 10.8 Å². The van der Waals surface area contributed by atoms with Gasteiger partial charge < -0.3 is 4.74 Å². The van der Waals surface area contributed by atoms with Crippen molar-refractivity contribution in [1.82, 2.24) is 0 Å². The molecule has 8 aromatic rings. The molecule has 1 aliphatic heterocycles. The monoisotopic (exact) mass is 650 g/mol. The van der Waals surface area contributed by atoms with Crippen LogP contribution in [0.4, 0.5) is 0 Å². The van der Waals surface area contributed by atoms with E-state index in [4.69, 9.17) is 4.74 Å². The summed E-state index contributed by atoms with van der Waals surface area (Å²) < 4.78 is 6.85. The summed E-state index contributed by atoms with van der Waals surface area (Å²) in [6.07, 6.45) is 0. The van der Waals surface area contributed by atoms with Crippen LogP contribution in [0, 0.1) is 0 Å². The van der Waals surface area contributed by atoms with Gasteiger partial charge in [-0.15, -0.1) is 0 Å². The minimum Gasteiger partial charge on any atom is -0.457 e. The molecule has 0 fully saturated rings. The van der Waals surface area contributed by atoms with Gasteiger partial charge in [-0.05, 0) is 73.8 Å². The maximum absolute atomic E-state index is 6.85. The fourth-order valence-corrected chi connectivity index (χ4v) is 9.03. The van der Waals surface area contributed by atoms with Crippen molar-refractivity contribution in [2.75, 3.05) is 0 Å². The van der Waals surface area contributed by atoms with Crippen LogP contribution in [0.2, 0.25) is 0 Å². The number of hydrogen-bond donors (Lipinski definition) is 0. The Morgan fingerprint density at radius 1 is 0.275 bits per heavy atom. The molecule has 0 N–H and O–H groups in total. The molecule has 0 bridgehead atoms. The standard InChI is InChI=1S/C50H34O/c1-4-18-37(19-5-1)49(38-20-6-2-7-21-38)45-29-14-15-30-47(45)51-48-34-36(31-32-46(48)49)35-17-16-24-40(33-35)50(39-22-8-3-9-23-39)43-27-12-10-25-41(43)42-26-11-13-28-44(42)50/h1-34H. The predicted molar refractivity (Wildman–Crippen MR) is 208 cm³/mol. The molecule has 1 heteroatoms. The second-order valence-electron chi connectivity index (χ2n) is 13.6. The first-order valence-electron chi connectivity index (χ1n) is 17.7. The van der Waals surface area contributed by atoms with Crippen LogP contribution in [0.5, 0.6) is 11.5 Å². The Morgan fingerprint density at radius 2 is 0.706 bits per heavy atom. The molecular formula is C50H34O. The lowest BCUT2D eigenvalue weighted by Gasteiger charge is -2.41. The fraction of sp³-hybridized carbons (Fsp3) is 0.0400. The highest BCUT2D eigenvalue weighted by atomic mass is 16.5. The van der Waals surface area contributed by atoms with Crippen LogP contribution >= 0.6 is 0 Å². The molecule has 51 heavy (non-hydrogen) atoms. The molecule has 0 atom stereocenters. The van der Waals surface area contributed by atoms with Gasteiger partial charge in [-0.2, -0.15) is 0 Å². The molecule has 8 aromatic carbocycles. The van der Waals surface area contributed by atoms with E-state index in [-0.39, 0.29) is 0 Å². The Kier molecular flexibility index (Phi) is 6.69. The van der Waals surface area contributed by atoms with Gasteiger partial charge >= 0.3 is 0 Å². The van der Waals surface area contributed by atoms with Crippen molar-refractivity contribution >= 4 is 0 Å². The average molecular weight is 651 g/mol. The largest absolute Gasteiger partial charge is 0.457 e. The first-order chi connectivity index (χ1) is 25.3. The quantitative estimate of drug-likeness (QED) is 0.180. The minimum absolute atomic E-state index is 0.454. The van der Waals surface area contributed by atoms with Crippen molar-refractivity contribution in [2.45, 2.75) is 10.8 Å². The Hall–Kier alpha value is -6.44. The molecule has 0 spiro atoms. The van der Waals surface area contributed by atoms with E-state index in [0.717, 1.165) is 33.8 Å². The molecule has 0 saturated heterocycles. The zero-order valence-electron chi connectivity index (χ0n) is 28.0. The summed E-state index contributed by atoms with van der Waals surface area (Å²) in [7, 11) is 0. The van der Waals surface area contributed by atoms with E-state index in [1.165, 1.54) is 44.5 Å². The molecule has 240 valence electrons. The van der Waals surface area contributed by atoms with Crippen LogP contribution in [0.1, 0.15) is 44.5 Å². The molecule has 10 rings (SSSR count). The highest BCUT2D eigenvalue weighted by Crippen LogP contribution is 2.58. The van der Waals surface area contributed by atoms with Gasteiger partial charge in [-0.25, -0.2) is 0 Å². The third-order valence-electron chi connectivity index (χ3n) is 11.1. The van der Waals surface area contributed by atoms with E-state index in [2.05, 4.69) is 206 Å². The van der Waals surface area contributed by atoms with Crippen molar-refractivity contribution in [3.8, 4) is 33.8 Å². The zero-order chi connectivity index (χ0) is 33.8. The number of para-hydroxylation sites is 1. The lowest BCUT2D eigenvalue weighted by molar-refractivity contribution is 0.435. The van der Waals surface area contributed by atoms with Crippen LogP contribution in [0.15, 0.2) is 206 Å². The van der Waals surface area contributed by atoms with Gasteiger partial charge in [-0.3, -0.25) is 0 Å². The fourth-order valence-electron chi connectivity index (χ4n) is 9.03. The number of rotatable bonds is 5. The van der Waals surface area contributed by atoms with Crippen molar-refractivity contribution < 1.29 is 4.74 Å². The van der Waals surface area contributed by atoms with E-state index < -0.39 is 10.8 Å². The second-order valence-corrected chi connectivity index (χ2v) is 13.6. The van der Waals surface area contributed by atoms with Gasteiger partial charge in [0.15, 0.2) is 0 Å². The number of fused-ring (bicyclic) bond motifs is 5. The van der Waals surface area contributed by atoms with Gasteiger partial charge in [0.2, 0.25) is 0 Å². The van der Waals surface area contributed by atoms with Crippen molar-refractivity contribution in [2.24, 2.45) is 0 Å².